The molecule has 6 nitrogen and oxygen atoms in total. The van der Waals surface area contributed by atoms with Crippen molar-refractivity contribution in [1.29, 1.82) is 0 Å². The molecule has 2 aliphatic rings. The molecule has 0 aliphatic heterocycles. The standard InChI is InChI=1S/C21H25N3O3S/c1-28(26,27)24-18-10-6-16(7-11-18)21(25)23-17-8-4-15(5-9-17)19-12-20(19)22-13-14-2-3-14/h4-11,14,19-20,22,24H,2-3,12-13H2,1H3,(H,23,25)/t19-,20+/m0/s1. The summed E-state index contributed by atoms with van der Waals surface area (Å²) >= 11 is 0. The molecule has 4 rings (SSSR count). The summed E-state index contributed by atoms with van der Waals surface area (Å²) in [5, 5.41) is 6.52. The van der Waals surface area contributed by atoms with E-state index in [4.69, 9.17) is 0 Å². The Morgan fingerprint density at radius 2 is 1.64 bits per heavy atom. The molecule has 7 heteroatoms. The first-order chi connectivity index (χ1) is 13.4. The van der Waals surface area contributed by atoms with Crippen molar-refractivity contribution in [2.75, 3.05) is 22.8 Å². The van der Waals surface area contributed by atoms with Crippen LogP contribution >= 0.6 is 0 Å². The van der Waals surface area contributed by atoms with E-state index in [0.717, 1.165) is 24.4 Å². The van der Waals surface area contributed by atoms with Gasteiger partial charge in [0, 0.05) is 28.9 Å². The van der Waals surface area contributed by atoms with Crippen LogP contribution in [-0.2, 0) is 10.0 Å². The van der Waals surface area contributed by atoms with Crippen molar-refractivity contribution < 1.29 is 13.2 Å². The van der Waals surface area contributed by atoms with E-state index in [9.17, 15) is 13.2 Å². The third kappa shape index (κ3) is 5.11. The lowest BCUT2D eigenvalue weighted by molar-refractivity contribution is 0.102. The summed E-state index contributed by atoms with van der Waals surface area (Å²) < 4.78 is 24.8. The van der Waals surface area contributed by atoms with Crippen LogP contribution in [-0.4, -0.2) is 33.2 Å². The first kappa shape index (κ1) is 19.0. The fraction of sp³-hybridized carbons (Fsp3) is 0.381. The summed E-state index contributed by atoms with van der Waals surface area (Å²) in [5.41, 5.74) is 2.95. The third-order valence-corrected chi connectivity index (χ3v) is 5.81. The average molecular weight is 400 g/mol. The van der Waals surface area contributed by atoms with Crippen LogP contribution in [0.3, 0.4) is 0 Å². The van der Waals surface area contributed by atoms with E-state index in [1.165, 1.54) is 24.8 Å². The van der Waals surface area contributed by atoms with Gasteiger partial charge in [-0.1, -0.05) is 12.1 Å². The summed E-state index contributed by atoms with van der Waals surface area (Å²) in [4.78, 5) is 12.4. The number of carbonyl (C=O) groups is 1. The topological polar surface area (TPSA) is 87.3 Å². The van der Waals surface area contributed by atoms with Gasteiger partial charge in [-0.15, -0.1) is 0 Å². The maximum absolute atomic E-state index is 12.4. The lowest BCUT2D eigenvalue weighted by Crippen LogP contribution is -2.20. The number of amides is 1. The van der Waals surface area contributed by atoms with Gasteiger partial charge in [0.1, 0.15) is 0 Å². The van der Waals surface area contributed by atoms with Crippen LogP contribution in [0.1, 0.15) is 41.1 Å². The van der Waals surface area contributed by atoms with Crippen molar-refractivity contribution in [3.05, 3.63) is 59.7 Å². The number of benzene rings is 2. The Morgan fingerprint density at radius 3 is 2.25 bits per heavy atom. The minimum atomic E-state index is -3.33. The highest BCUT2D eigenvalue weighted by molar-refractivity contribution is 7.92. The molecule has 148 valence electrons. The average Bonchev–Trinajstić information content (AvgIpc) is 3.54. The fourth-order valence-corrected chi connectivity index (χ4v) is 3.91. The molecule has 2 atom stereocenters. The van der Waals surface area contributed by atoms with Crippen LogP contribution in [0.25, 0.3) is 0 Å². The number of sulfonamides is 1. The Hall–Kier alpha value is -2.38. The summed E-state index contributed by atoms with van der Waals surface area (Å²) in [7, 11) is -3.33. The second-order valence-corrected chi connectivity index (χ2v) is 9.58. The molecule has 0 bridgehead atoms. The molecule has 2 saturated carbocycles. The molecule has 0 aromatic heterocycles. The Morgan fingerprint density at radius 1 is 1.00 bits per heavy atom. The van der Waals surface area contributed by atoms with Crippen LogP contribution in [0.15, 0.2) is 48.5 Å². The lowest BCUT2D eigenvalue weighted by Gasteiger charge is -2.08. The van der Waals surface area contributed by atoms with Crippen molar-refractivity contribution in [3.63, 3.8) is 0 Å². The van der Waals surface area contributed by atoms with Crippen molar-refractivity contribution in [2.45, 2.75) is 31.2 Å². The van der Waals surface area contributed by atoms with E-state index >= 15 is 0 Å². The van der Waals surface area contributed by atoms with Crippen LogP contribution in [0.5, 0.6) is 0 Å². The smallest absolute Gasteiger partial charge is 0.255 e. The van der Waals surface area contributed by atoms with Crippen LogP contribution < -0.4 is 15.4 Å². The Bertz CT molecular complexity index is 951. The zero-order valence-corrected chi connectivity index (χ0v) is 16.6. The van der Waals surface area contributed by atoms with Crippen molar-refractivity contribution >= 4 is 27.3 Å². The van der Waals surface area contributed by atoms with Gasteiger partial charge in [0.05, 0.1) is 6.26 Å². The van der Waals surface area contributed by atoms with Gasteiger partial charge in [0.15, 0.2) is 0 Å². The Balaban J connectivity index is 1.30. The maximum Gasteiger partial charge on any atom is 0.255 e. The van der Waals surface area contributed by atoms with E-state index in [1.807, 2.05) is 12.1 Å². The molecule has 0 unspecified atom stereocenters. The largest absolute Gasteiger partial charge is 0.322 e. The van der Waals surface area contributed by atoms with Gasteiger partial charge in [-0.05, 0) is 73.7 Å². The fourth-order valence-electron chi connectivity index (χ4n) is 3.35. The number of rotatable bonds is 8. The summed E-state index contributed by atoms with van der Waals surface area (Å²) in [6, 6.07) is 15.0. The number of hydrogen-bond donors (Lipinski definition) is 3. The van der Waals surface area contributed by atoms with Gasteiger partial charge < -0.3 is 10.6 Å². The highest BCUT2D eigenvalue weighted by Crippen LogP contribution is 2.41. The van der Waals surface area contributed by atoms with Crippen LogP contribution in [0.4, 0.5) is 11.4 Å². The molecular weight excluding hydrogens is 374 g/mol. The maximum atomic E-state index is 12.4. The zero-order valence-electron chi connectivity index (χ0n) is 15.8. The van der Waals surface area contributed by atoms with Gasteiger partial charge in [0.2, 0.25) is 10.0 Å². The second-order valence-electron chi connectivity index (χ2n) is 7.83. The predicted molar refractivity (Wildman–Crippen MR) is 111 cm³/mol. The molecule has 1 amide bonds. The molecule has 2 aromatic carbocycles. The van der Waals surface area contributed by atoms with E-state index < -0.39 is 10.0 Å². The monoisotopic (exact) mass is 399 g/mol. The Kier molecular flexibility index (Phi) is 5.12. The summed E-state index contributed by atoms with van der Waals surface area (Å²) in [6.45, 7) is 1.15. The first-order valence-corrected chi connectivity index (χ1v) is 11.5. The van der Waals surface area contributed by atoms with Crippen molar-refractivity contribution in [2.24, 2.45) is 5.92 Å². The van der Waals surface area contributed by atoms with Gasteiger partial charge in [0.25, 0.3) is 5.91 Å². The molecule has 0 radical (unpaired) electrons. The molecule has 0 spiro atoms. The normalized spacial score (nSPS) is 21.2. The third-order valence-electron chi connectivity index (χ3n) is 5.20. The number of nitrogens with one attached hydrogen (secondary N) is 3. The van der Waals surface area contributed by atoms with E-state index in [-0.39, 0.29) is 5.91 Å². The van der Waals surface area contributed by atoms with Crippen LogP contribution in [0.2, 0.25) is 0 Å². The summed E-state index contributed by atoms with van der Waals surface area (Å²) in [5.74, 6) is 1.25. The first-order valence-electron chi connectivity index (χ1n) is 9.60. The molecule has 28 heavy (non-hydrogen) atoms. The second kappa shape index (κ2) is 7.56. The van der Waals surface area contributed by atoms with Crippen LogP contribution in [0, 0.1) is 5.92 Å². The van der Waals surface area contributed by atoms with E-state index in [2.05, 4.69) is 27.5 Å². The predicted octanol–water partition coefficient (Wildman–Crippen LogP) is 3.17. The highest BCUT2D eigenvalue weighted by Gasteiger charge is 2.38. The number of hydrogen-bond acceptors (Lipinski definition) is 4. The van der Waals surface area contributed by atoms with E-state index in [1.54, 1.807) is 24.3 Å². The summed E-state index contributed by atoms with van der Waals surface area (Å²) in [6.07, 6.45) is 5.02. The minimum Gasteiger partial charge on any atom is -0.322 e. The highest BCUT2D eigenvalue weighted by atomic mass is 32.2. The minimum absolute atomic E-state index is 0.228. The molecule has 0 heterocycles. The molecule has 3 N–H and O–H groups in total. The molecule has 0 saturated heterocycles. The molecular formula is C21H25N3O3S. The van der Waals surface area contributed by atoms with Crippen molar-refractivity contribution in [1.82, 2.24) is 5.32 Å². The van der Waals surface area contributed by atoms with Gasteiger partial charge >= 0.3 is 0 Å². The molecule has 2 aliphatic carbocycles. The van der Waals surface area contributed by atoms with Crippen molar-refractivity contribution in [3.8, 4) is 0 Å². The zero-order chi connectivity index (χ0) is 19.7. The SMILES string of the molecule is CS(=O)(=O)Nc1ccc(C(=O)Nc2ccc([C@@H]3C[C@H]3NCC3CC3)cc2)cc1. The van der Waals surface area contributed by atoms with Gasteiger partial charge in [-0.25, -0.2) is 8.42 Å². The van der Waals surface area contributed by atoms with Gasteiger partial charge in [-0.2, -0.15) is 0 Å². The Labute approximate surface area is 165 Å². The molecule has 2 aromatic rings. The molecule has 2 fully saturated rings. The number of carbonyl (C=O) groups excluding carboxylic acids is 1. The van der Waals surface area contributed by atoms with Gasteiger partial charge in [-0.3, -0.25) is 9.52 Å². The van der Waals surface area contributed by atoms with E-state index in [0.29, 0.717) is 23.2 Å². The lowest BCUT2D eigenvalue weighted by atomic mass is 10.1. The quantitative estimate of drug-likeness (QED) is 0.636. The number of anilines is 2.